The second-order valence-electron chi connectivity index (χ2n) is 7.60. The Bertz CT molecular complexity index is 862. The van der Waals surface area contributed by atoms with Crippen LogP contribution in [0.3, 0.4) is 0 Å². The monoisotopic (exact) mass is 409 g/mol. The van der Waals surface area contributed by atoms with Crippen molar-refractivity contribution in [2.45, 2.75) is 33.4 Å². The van der Waals surface area contributed by atoms with Gasteiger partial charge in [0, 0.05) is 31.7 Å². The molecule has 1 aliphatic heterocycles. The van der Waals surface area contributed by atoms with Crippen molar-refractivity contribution in [1.82, 2.24) is 10.2 Å². The van der Waals surface area contributed by atoms with Gasteiger partial charge in [0.25, 0.3) is 0 Å². The van der Waals surface area contributed by atoms with Crippen molar-refractivity contribution in [3.05, 3.63) is 59.7 Å². The minimum atomic E-state index is -0.335. The molecule has 0 spiro atoms. The van der Waals surface area contributed by atoms with Crippen LogP contribution in [0, 0.1) is 5.92 Å². The quantitative estimate of drug-likeness (QED) is 0.691. The number of hydrogen-bond donors (Lipinski definition) is 1. The molecule has 2 amide bonds. The molecule has 30 heavy (non-hydrogen) atoms. The van der Waals surface area contributed by atoms with Crippen LogP contribution in [0.25, 0.3) is 0 Å². The van der Waals surface area contributed by atoms with Crippen LogP contribution in [0.4, 0.5) is 5.69 Å². The van der Waals surface area contributed by atoms with Crippen LogP contribution in [-0.2, 0) is 22.7 Å². The number of hydrogen-bond acceptors (Lipinski definition) is 4. The lowest BCUT2D eigenvalue weighted by molar-refractivity contribution is -0.126. The summed E-state index contributed by atoms with van der Waals surface area (Å²) >= 11 is 0. The molecule has 0 aliphatic carbocycles. The number of amides is 2. The minimum Gasteiger partial charge on any atom is -0.497 e. The van der Waals surface area contributed by atoms with Crippen molar-refractivity contribution >= 4 is 17.5 Å². The van der Waals surface area contributed by atoms with E-state index in [2.05, 4.69) is 36.2 Å². The summed E-state index contributed by atoms with van der Waals surface area (Å²) in [5, 5.41) is 3.01. The number of carbonyl (C=O) groups excluding carboxylic acids is 2. The fourth-order valence-electron chi connectivity index (χ4n) is 3.77. The Morgan fingerprint density at radius 1 is 1.13 bits per heavy atom. The SMILES string of the molecule is CCN(CC)Cc1cccc(CNC(=O)C2CC(=O)N(c3ccc(OC)cc3)C2)c1. The molecule has 1 heterocycles. The van der Waals surface area contributed by atoms with Gasteiger partial charge in [-0.15, -0.1) is 0 Å². The third kappa shape index (κ3) is 5.39. The smallest absolute Gasteiger partial charge is 0.227 e. The molecule has 2 aromatic rings. The van der Waals surface area contributed by atoms with E-state index in [1.54, 1.807) is 12.0 Å². The molecule has 1 N–H and O–H groups in total. The average molecular weight is 410 g/mol. The first-order chi connectivity index (χ1) is 14.5. The van der Waals surface area contributed by atoms with Crippen molar-refractivity contribution in [1.29, 1.82) is 0 Å². The van der Waals surface area contributed by atoms with Crippen LogP contribution in [0.5, 0.6) is 5.75 Å². The molecular weight excluding hydrogens is 378 g/mol. The van der Waals surface area contributed by atoms with E-state index in [4.69, 9.17) is 4.74 Å². The highest BCUT2D eigenvalue weighted by Crippen LogP contribution is 2.27. The fraction of sp³-hybridized carbons (Fsp3) is 0.417. The van der Waals surface area contributed by atoms with Crippen LogP contribution in [0.15, 0.2) is 48.5 Å². The van der Waals surface area contributed by atoms with Gasteiger partial charge in [-0.05, 0) is 48.5 Å². The minimum absolute atomic E-state index is 0.0264. The van der Waals surface area contributed by atoms with Crippen molar-refractivity contribution in [2.24, 2.45) is 5.92 Å². The summed E-state index contributed by atoms with van der Waals surface area (Å²) in [5.74, 6) is 0.302. The van der Waals surface area contributed by atoms with Crippen LogP contribution in [-0.4, -0.2) is 43.5 Å². The maximum atomic E-state index is 12.7. The average Bonchev–Trinajstić information content (AvgIpc) is 3.17. The van der Waals surface area contributed by atoms with Gasteiger partial charge in [-0.25, -0.2) is 0 Å². The highest BCUT2D eigenvalue weighted by Gasteiger charge is 2.35. The second-order valence-corrected chi connectivity index (χ2v) is 7.60. The van der Waals surface area contributed by atoms with E-state index >= 15 is 0 Å². The Labute approximate surface area is 178 Å². The molecule has 160 valence electrons. The lowest BCUT2D eigenvalue weighted by atomic mass is 10.1. The summed E-state index contributed by atoms with van der Waals surface area (Å²) < 4.78 is 5.16. The topological polar surface area (TPSA) is 61.9 Å². The Balaban J connectivity index is 1.56. The fourth-order valence-corrected chi connectivity index (χ4v) is 3.77. The lowest BCUT2D eigenvalue weighted by Gasteiger charge is -2.18. The van der Waals surface area contributed by atoms with E-state index in [9.17, 15) is 9.59 Å². The number of rotatable bonds is 9. The van der Waals surface area contributed by atoms with Gasteiger partial charge in [0.05, 0.1) is 13.0 Å². The predicted molar refractivity (Wildman–Crippen MR) is 118 cm³/mol. The Morgan fingerprint density at radius 2 is 1.83 bits per heavy atom. The normalized spacial score (nSPS) is 16.2. The van der Waals surface area contributed by atoms with Gasteiger partial charge in [0.15, 0.2) is 0 Å². The Kier molecular flexibility index (Phi) is 7.46. The molecule has 1 atom stereocenters. The van der Waals surface area contributed by atoms with Gasteiger partial charge >= 0.3 is 0 Å². The van der Waals surface area contributed by atoms with Crippen LogP contribution in [0.2, 0.25) is 0 Å². The number of carbonyl (C=O) groups is 2. The van der Waals surface area contributed by atoms with Gasteiger partial charge in [0.2, 0.25) is 11.8 Å². The van der Waals surface area contributed by atoms with Crippen molar-refractivity contribution in [3.8, 4) is 5.75 Å². The van der Waals surface area contributed by atoms with Gasteiger partial charge in [-0.1, -0.05) is 38.1 Å². The number of nitrogens with one attached hydrogen (secondary N) is 1. The zero-order valence-corrected chi connectivity index (χ0v) is 18.1. The van der Waals surface area contributed by atoms with E-state index < -0.39 is 0 Å². The molecule has 6 heteroatoms. The van der Waals surface area contributed by atoms with Gasteiger partial charge in [0.1, 0.15) is 5.75 Å². The van der Waals surface area contributed by atoms with Crippen molar-refractivity contribution < 1.29 is 14.3 Å². The molecule has 1 unspecified atom stereocenters. The number of nitrogens with zero attached hydrogens (tertiary/aromatic N) is 2. The standard InChI is InChI=1S/C24H31N3O3/c1-4-26(5-2)16-19-8-6-7-18(13-19)15-25-24(29)20-14-23(28)27(17-20)21-9-11-22(30-3)12-10-21/h6-13,20H,4-5,14-17H2,1-3H3,(H,25,29). The molecule has 0 bridgehead atoms. The summed E-state index contributed by atoms with van der Waals surface area (Å²) in [6.07, 6.45) is 0.236. The Hall–Kier alpha value is -2.86. The second kappa shape index (κ2) is 10.3. The molecule has 1 saturated heterocycles. The summed E-state index contributed by atoms with van der Waals surface area (Å²) in [6, 6.07) is 15.6. The molecule has 0 aromatic heterocycles. The molecular formula is C24H31N3O3. The highest BCUT2D eigenvalue weighted by molar-refractivity contribution is 6.00. The molecule has 6 nitrogen and oxygen atoms in total. The highest BCUT2D eigenvalue weighted by atomic mass is 16.5. The molecule has 2 aromatic carbocycles. The molecule has 0 radical (unpaired) electrons. The number of ether oxygens (including phenoxy) is 1. The first kappa shape index (κ1) is 21.8. The van der Waals surface area contributed by atoms with E-state index in [1.807, 2.05) is 36.4 Å². The maximum absolute atomic E-state index is 12.7. The first-order valence-electron chi connectivity index (χ1n) is 10.6. The summed E-state index contributed by atoms with van der Waals surface area (Å²) in [4.78, 5) is 29.1. The van der Waals surface area contributed by atoms with Gasteiger partial charge in [-0.3, -0.25) is 14.5 Å². The van der Waals surface area contributed by atoms with Crippen LogP contribution in [0.1, 0.15) is 31.4 Å². The van der Waals surface area contributed by atoms with E-state index in [0.717, 1.165) is 36.6 Å². The third-order valence-electron chi connectivity index (χ3n) is 5.64. The largest absolute Gasteiger partial charge is 0.497 e. The summed E-state index contributed by atoms with van der Waals surface area (Å²) in [7, 11) is 1.61. The van der Waals surface area contributed by atoms with E-state index in [1.165, 1.54) is 5.56 Å². The summed E-state index contributed by atoms with van der Waals surface area (Å²) in [6.45, 7) is 8.12. The van der Waals surface area contributed by atoms with E-state index in [0.29, 0.717) is 13.1 Å². The first-order valence-corrected chi connectivity index (χ1v) is 10.6. The van der Waals surface area contributed by atoms with Gasteiger partial charge < -0.3 is 15.0 Å². The van der Waals surface area contributed by atoms with Crippen LogP contribution >= 0.6 is 0 Å². The zero-order valence-electron chi connectivity index (χ0n) is 18.1. The third-order valence-corrected chi connectivity index (χ3v) is 5.64. The Morgan fingerprint density at radius 3 is 2.50 bits per heavy atom. The predicted octanol–water partition coefficient (Wildman–Crippen LogP) is 3.21. The molecule has 1 fully saturated rings. The number of anilines is 1. The summed E-state index contributed by atoms with van der Waals surface area (Å²) in [5.41, 5.74) is 3.11. The van der Waals surface area contributed by atoms with Crippen molar-refractivity contribution in [3.63, 3.8) is 0 Å². The maximum Gasteiger partial charge on any atom is 0.227 e. The lowest BCUT2D eigenvalue weighted by Crippen LogP contribution is -2.32. The van der Waals surface area contributed by atoms with Crippen molar-refractivity contribution in [2.75, 3.05) is 31.6 Å². The number of benzene rings is 2. The zero-order chi connectivity index (χ0) is 21.5. The molecule has 3 rings (SSSR count). The molecule has 0 saturated carbocycles. The van der Waals surface area contributed by atoms with Gasteiger partial charge in [-0.2, -0.15) is 0 Å². The van der Waals surface area contributed by atoms with Crippen LogP contribution < -0.4 is 15.0 Å². The van der Waals surface area contributed by atoms with E-state index in [-0.39, 0.29) is 24.2 Å². The molecule has 1 aliphatic rings. The number of methoxy groups -OCH3 is 1.